The average molecular weight is 267 g/mol. The minimum atomic E-state index is 0.791. The number of likely N-dealkylation sites (N-methyl/N-ethyl adjacent to an activating group) is 1. The van der Waals surface area contributed by atoms with Crippen molar-refractivity contribution in [1.82, 2.24) is 4.90 Å². The van der Waals surface area contributed by atoms with Crippen molar-refractivity contribution in [3.8, 4) is 0 Å². The van der Waals surface area contributed by atoms with Crippen LogP contribution in [-0.2, 0) is 0 Å². The lowest BCUT2D eigenvalue weighted by Crippen LogP contribution is -2.29. The fourth-order valence-corrected chi connectivity index (χ4v) is 2.81. The molecule has 3 heteroatoms. The van der Waals surface area contributed by atoms with Crippen LogP contribution >= 0.6 is 11.6 Å². The maximum absolute atomic E-state index is 5.86. The number of hydrogen-bond acceptors (Lipinski definition) is 2. The standard InChI is InChI=1S/C15H23ClN2/c1-18(12-13-4-2-3-5-13)11-10-17-15-8-6-14(16)7-9-15/h6-9,13,17H,2-5,10-12H2,1H3. The number of nitrogens with one attached hydrogen (secondary N) is 1. The summed E-state index contributed by atoms with van der Waals surface area (Å²) >= 11 is 5.86. The number of anilines is 1. The number of nitrogens with zero attached hydrogens (tertiary/aromatic N) is 1. The minimum absolute atomic E-state index is 0.791. The molecule has 0 unspecified atom stereocenters. The molecule has 100 valence electrons. The van der Waals surface area contributed by atoms with Crippen LogP contribution in [0.5, 0.6) is 0 Å². The quantitative estimate of drug-likeness (QED) is 0.841. The Morgan fingerprint density at radius 1 is 1.22 bits per heavy atom. The molecule has 0 radical (unpaired) electrons. The molecule has 18 heavy (non-hydrogen) atoms. The molecule has 2 nitrogen and oxygen atoms in total. The van der Waals surface area contributed by atoms with E-state index >= 15 is 0 Å². The maximum Gasteiger partial charge on any atom is 0.0407 e. The van der Waals surface area contributed by atoms with Crippen molar-refractivity contribution in [1.29, 1.82) is 0 Å². The fourth-order valence-electron chi connectivity index (χ4n) is 2.68. The van der Waals surface area contributed by atoms with Gasteiger partial charge < -0.3 is 10.2 Å². The van der Waals surface area contributed by atoms with Crippen LogP contribution in [0.1, 0.15) is 25.7 Å². The SMILES string of the molecule is CN(CCNc1ccc(Cl)cc1)CC1CCCC1. The molecule has 0 amide bonds. The van der Waals surface area contributed by atoms with Gasteiger partial charge in [0.1, 0.15) is 0 Å². The second kappa shape index (κ2) is 7.01. The van der Waals surface area contributed by atoms with Crippen molar-refractivity contribution in [2.45, 2.75) is 25.7 Å². The van der Waals surface area contributed by atoms with Crippen molar-refractivity contribution >= 4 is 17.3 Å². The van der Waals surface area contributed by atoms with E-state index in [0.29, 0.717) is 0 Å². The Hall–Kier alpha value is -0.730. The third kappa shape index (κ3) is 4.51. The number of benzene rings is 1. The summed E-state index contributed by atoms with van der Waals surface area (Å²) in [5.41, 5.74) is 1.15. The summed E-state index contributed by atoms with van der Waals surface area (Å²) in [6.07, 6.45) is 5.72. The van der Waals surface area contributed by atoms with E-state index in [2.05, 4.69) is 17.3 Å². The van der Waals surface area contributed by atoms with E-state index in [1.165, 1.54) is 32.2 Å². The summed E-state index contributed by atoms with van der Waals surface area (Å²) < 4.78 is 0. The molecular weight excluding hydrogens is 244 g/mol. The van der Waals surface area contributed by atoms with E-state index in [0.717, 1.165) is 29.7 Å². The van der Waals surface area contributed by atoms with Gasteiger partial charge in [0.25, 0.3) is 0 Å². The normalized spacial score (nSPS) is 16.4. The molecule has 1 aliphatic rings. The van der Waals surface area contributed by atoms with Crippen molar-refractivity contribution in [3.63, 3.8) is 0 Å². The average Bonchev–Trinajstić information content (AvgIpc) is 2.84. The molecule has 0 aromatic heterocycles. The van der Waals surface area contributed by atoms with Gasteiger partial charge in [-0.05, 0) is 50.1 Å². The van der Waals surface area contributed by atoms with Gasteiger partial charge in [0.2, 0.25) is 0 Å². The first-order valence-corrected chi connectivity index (χ1v) is 7.30. The molecule has 1 aliphatic carbocycles. The summed E-state index contributed by atoms with van der Waals surface area (Å²) in [6, 6.07) is 7.90. The van der Waals surface area contributed by atoms with Gasteiger partial charge in [-0.2, -0.15) is 0 Å². The molecule has 1 aromatic rings. The summed E-state index contributed by atoms with van der Waals surface area (Å²) in [4.78, 5) is 2.44. The zero-order valence-corrected chi connectivity index (χ0v) is 11.9. The topological polar surface area (TPSA) is 15.3 Å². The van der Waals surface area contributed by atoms with E-state index < -0.39 is 0 Å². The van der Waals surface area contributed by atoms with Crippen molar-refractivity contribution in [3.05, 3.63) is 29.3 Å². The van der Waals surface area contributed by atoms with E-state index in [9.17, 15) is 0 Å². The van der Waals surface area contributed by atoms with Gasteiger partial charge in [-0.1, -0.05) is 24.4 Å². The molecule has 1 aromatic carbocycles. The Morgan fingerprint density at radius 2 is 1.89 bits per heavy atom. The third-order valence-electron chi connectivity index (χ3n) is 3.71. The lowest BCUT2D eigenvalue weighted by atomic mass is 10.1. The van der Waals surface area contributed by atoms with Gasteiger partial charge in [-0.25, -0.2) is 0 Å². The second-order valence-corrected chi connectivity index (χ2v) is 5.78. The first-order chi connectivity index (χ1) is 8.74. The van der Waals surface area contributed by atoms with E-state index in [1.807, 2.05) is 24.3 Å². The highest BCUT2D eigenvalue weighted by Crippen LogP contribution is 2.25. The molecule has 2 rings (SSSR count). The predicted molar refractivity (Wildman–Crippen MR) is 79.4 cm³/mol. The zero-order chi connectivity index (χ0) is 12.8. The van der Waals surface area contributed by atoms with Gasteiger partial charge in [-0.3, -0.25) is 0 Å². The molecule has 1 fully saturated rings. The number of rotatable bonds is 6. The van der Waals surface area contributed by atoms with Crippen LogP contribution in [0.3, 0.4) is 0 Å². The molecule has 0 bridgehead atoms. The van der Waals surface area contributed by atoms with Crippen LogP contribution in [0.15, 0.2) is 24.3 Å². The predicted octanol–water partition coefficient (Wildman–Crippen LogP) is 3.87. The summed E-state index contributed by atoms with van der Waals surface area (Å²) in [5.74, 6) is 0.936. The summed E-state index contributed by atoms with van der Waals surface area (Å²) in [6.45, 7) is 3.34. The molecule has 1 N–H and O–H groups in total. The van der Waals surface area contributed by atoms with Gasteiger partial charge in [0, 0.05) is 30.3 Å². The van der Waals surface area contributed by atoms with Crippen molar-refractivity contribution in [2.24, 2.45) is 5.92 Å². The lowest BCUT2D eigenvalue weighted by Gasteiger charge is -2.21. The van der Waals surface area contributed by atoms with E-state index in [1.54, 1.807) is 0 Å². The highest BCUT2D eigenvalue weighted by atomic mass is 35.5. The van der Waals surface area contributed by atoms with Crippen LogP contribution in [0.4, 0.5) is 5.69 Å². The number of halogens is 1. The first kappa shape index (κ1) is 13.7. The van der Waals surface area contributed by atoms with Crippen LogP contribution in [0.2, 0.25) is 5.02 Å². The first-order valence-electron chi connectivity index (χ1n) is 6.92. The Kier molecular flexibility index (Phi) is 5.33. The molecule has 0 spiro atoms. The van der Waals surface area contributed by atoms with Crippen molar-refractivity contribution in [2.75, 3.05) is 32.0 Å². The van der Waals surface area contributed by atoms with E-state index in [-0.39, 0.29) is 0 Å². The summed E-state index contributed by atoms with van der Waals surface area (Å²) in [7, 11) is 2.22. The Morgan fingerprint density at radius 3 is 2.56 bits per heavy atom. The fraction of sp³-hybridized carbons (Fsp3) is 0.600. The molecule has 0 atom stereocenters. The van der Waals surface area contributed by atoms with Gasteiger partial charge in [0.15, 0.2) is 0 Å². The molecule has 1 saturated carbocycles. The highest BCUT2D eigenvalue weighted by Gasteiger charge is 2.16. The van der Waals surface area contributed by atoms with Crippen LogP contribution in [-0.4, -0.2) is 31.6 Å². The minimum Gasteiger partial charge on any atom is -0.384 e. The van der Waals surface area contributed by atoms with Gasteiger partial charge >= 0.3 is 0 Å². The molecular formula is C15H23ClN2. The Bertz CT molecular complexity index is 344. The maximum atomic E-state index is 5.86. The second-order valence-electron chi connectivity index (χ2n) is 5.35. The summed E-state index contributed by atoms with van der Waals surface area (Å²) in [5, 5.41) is 4.22. The van der Waals surface area contributed by atoms with Gasteiger partial charge in [-0.15, -0.1) is 0 Å². The molecule has 0 heterocycles. The monoisotopic (exact) mass is 266 g/mol. The number of hydrogen-bond donors (Lipinski definition) is 1. The Labute approximate surface area is 115 Å². The smallest absolute Gasteiger partial charge is 0.0407 e. The van der Waals surface area contributed by atoms with Crippen LogP contribution in [0.25, 0.3) is 0 Å². The largest absolute Gasteiger partial charge is 0.384 e. The molecule has 0 aliphatic heterocycles. The molecule has 0 saturated heterocycles. The highest BCUT2D eigenvalue weighted by molar-refractivity contribution is 6.30. The van der Waals surface area contributed by atoms with Gasteiger partial charge in [0.05, 0.1) is 0 Å². The van der Waals surface area contributed by atoms with Crippen LogP contribution in [0, 0.1) is 5.92 Å². The van der Waals surface area contributed by atoms with E-state index in [4.69, 9.17) is 11.6 Å². The van der Waals surface area contributed by atoms with Crippen molar-refractivity contribution < 1.29 is 0 Å². The Balaban J connectivity index is 1.63. The lowest BCUT2D eigenvalue weighted by molar-refractivity contribution is 0.287. The van der Waals surface area contributed by atoms with Crippen LogP contribution < -0.4 is 5.32 Å². The third-order valence-corrected chi connectivity index (χ3v) is 3.96. The zero-order valence-electron chi connectivity index (χ0n) is 11.2.